The second kappa shape index (κ2) is 7.94. The molecule has 1 fully saturated rings. The number of fused-ring (bicyclic) bond motifs is 1. The Morgan fingerprint density at radius 2 is 1.84 bits per heavy atom. The van der Waals surface area contributed by atoms with Crippen LogP contribution in [0.25, 0.3) is 0 Å². The van der Waals surface area contributed by atoms with E-state index in [-0.39, 0.29) is 28.0 Å². The molecule has 0 bridgehead atoms. The zero-order valence-corrected chi connectivity index (χ0v) is 17.4. The Labute approximate surface area is 180 Å². The molecule has 0 saturated heterocycles. The molecule has 13 heteroatoms. The van der Waals surface area contributed by atoms with Crippen LogP contribution in [-0.2, 0) is 29.3 Å². The van der Waals surface area contributed by atoms with E-state index in [1.54, 1.807) is 4.90 Å². The van der Waals surface area contributed by atoms with Crippen LogP contribution in [0.5, 0.6) is 0 Å². The number of H-pyrrole nitrogens is 1. The van der Waals surface area contributed by atoms with Gasteiger partial charge in [0.25, 0.3) is 0 Å². The van der Waals surface area contributed by atoms with Crippen LogP contribution >= 0.6 is 0 Å². The largest absolute Gasteiger partial charge is 0.511 e. The van der Waals surface area contributed by atoms with Crippen molar-refractivity contribution >= 4 is 15.7 Å². The van der Waals surface area contributed by atoms with Crippen LogP contribution in [0.1, 0.15) is 36.1 Å². The number of aromatic nitrogens is 2. The molecule has 1 N–H and O–H groups in total. The topological polar surface area (TPSA) is 69.3 Å². The average Bonchev–Trinajstić information content (AvgIpc) is 3.09. The highest BCUT2D eigenvalue weighted by atomic mass is 32.2. The lowest BCUT2D eigenvalue weighted by Gasteiger charge is -2.42. The molecule has 1 aliphatic heterocycles. The number of hydrogen-bond acceptors (Lipinski definition) is 4. The first-order valence-corrected chi connectivity index (χ1v) is 11.3. The predicted molar refractivity (Wildman–Crippen MR) is 103 cm³/mol. The molecule has 2 heterocycles. The smallest absolute Gasteiger partial charge is 0.361 e. The van der Waals surface area contributed by atoms with E-state index in [1.165, 1.54) is 18.6 Å². The van der Waals surface area contributed by atoms with E-state index in [0.29, 0.717) is 18.5 Å². The maximum absolute atomic E-state index is 13.4. The second-order valence-electron chi connectivity index (χ2n) is 8.05. The molecule has 1 unspecified atom stereocenters. The van der Waals surface area contributed by atoms with E-state index in [9.17, 15) is 34.8 Å². The van der Waals surface area contributed by atoms with E-state index in [1.807, 2.05) is 0 Å². The number of hydrogen-bond donors (Lipinski definition) is 1. The van der Waals surface area contributed by atoms with Crippen LogP contribution in [0.3, 0.4) is 0 Å². The molecule has 1 aromatic carbocycles. The standard InChI is InChI=1S/C19H20F6N4O2S/c20-18(21,22)14-4-5-16-13(6-14)8-28(32(30,31)19(23,24)25)10-17(12-2-1-3-12)29(16)9-15-7-26-11-27-15/h4-7,11-12,17H,1-3,8-10H2,(H,26,27). The minimum atomic E-state index is -5.74. The van der Waals surface area contributed by atoms with Gasteiger partial charge in [-0.25, -0.2) is 13.4 Å². The van der Waals surface area contributed by atoms with Crippen molar-refractivity contribution in [2.24, 2.45) is 5.92 Å². The van der Waals surface area contributed by atoms with E-state index in [4.69, 9.17) is 0 Å². The fourth-order valence-corrected chi connectivity index (χ4v) is 5.17. The minimum Gasteiger partial charge on any atom is -0.361 e. The maximum atomic E-state index is 13.4. The number of nitrogens with zero attached hydrogens (tertiary/aromatic N) is 3. The first-order chi connectivity index (χ1) is 14.9. The van der Waals surface area contributed by atoms with E-state index >= 15 is 0 Å². The lowest BCUT2D eigenvalue weighted by atomic mass is 9.79. The average molecular weight is 482 g/mol. The van der Waals surface area contributed by atoms with Gasteiger partial charge in [-0.1, -0.05) is 6.42 Å². The molecule has 32 heavy (non-hydrogen) atoms. The van der Waals surface area contributed by atoms with Crippen molar-refractivity contribution in [3.05, 3.63) is 47.5 Å². The Balaban J connectivity index is 1.85. The van der Waals surface area contributed by atoms with Gasteiger partial charge in [0, 0.05) is 31.0 Å². The minimum absolute atomic E-state index is 0.0860. The first kappa shape index (κ1) is 22.9. The Kier molecular flexibility index (Phi) is 5.68. The summed E-state index contributed by atoms with van der Waals surface area (Å²) in [5.74, 6) is -0.0860. The summed E-state index contributed by atoms with van der Waals surface area (Å²) in [7, 11) is -5.74. The fraction of sp³-hybridized carbons (Fsp3) is 0.526. The SMILES string of the molecule is O=S(=O)(N1Cc2cc(C(F)(F)F)ccc2N(Cc2cnc[nH]2)C(C2CCC2)C1)C(F)(F)F. The van der Waals surface area contributed by atoms with Gasteiger partial charge in [0.15, 0.2) is 0 Å². The number of rotatable bonds is 4. The molecule has 4 rings (SSSR count). The van der Waals surface area contributed by atoms with Gasteiger partial charge >= 0.3 is 21.7 Å². The Morgan fingerprint density at radius 3 is 2.38 bits per heavy atom. The highest BCUT2D eigenvalue weighted by Crippen LogP contribution is 2.42. The molecule has 2 aliphatic rings. The van der Waals surface area contributed by atoms with Gasteiger partial charge in [0.1, 0.15) is 0 Å². The number of halogens is 6. The van der Waals surface area contributed by atoms with E-state index in [2.05, 4.69) is 9.97 Å². The van der Waals surface area contributed by atoms with Gasteiger partial charge in [0.05, 0.1) is 24.1 Å². The summed E-state index contributed by atoms with van der Waals surface area (Å²) < 4.78 is 105. The normalized spacial score (nSPS) is 21.2. The van der Waals surface area contributed by atoms with Crippen molar-refractivity contribution in [3.8, 4) is 0 Å². The lowest BCUT2D eigenvalue weighted by molar-refractivity contribution is -0.137. The summed E-state index contributed by atoms with van der Waals surface area (Å²) in [5, 5.41) is 0. The van der Waals surface area contributed by atoms with Gasteiger partial charge in [-0.05, 0) is 42.5 Å². The van der Waals surface area contributed by atoms with Crippen LogP contribution in [0.15, 0.2) is 30.7 Å². The Hall–Kier alpha value is -2.28. The number of aromatic amines is 1. The molecule has 2 aromatic rings. The zero-order valence-electron chi connectivity index (χ0n) is 16.6. The van der Waals surface area contributed by atoms with Crippen molar-refractivity contribution in [2.45, 2.75) is 50.1 Å². The zero-order chi connectivity index (χ0) is 23.3. The monoisotopic (exact) mass is 482 g/mol. The van der Waals surface area contributed by atoms with E-state index < -0.39 is 46.4 Å². The number of imidazole rings is 1. The molecule has 0 radical (unpaired) electrons. The number of sulfonamides is 1. The van der Waals surface area contributed by atoms with Gasteiger partial charge < -0.3 is 9.88 Å². The summed E-state index contributed by atoms with van der Waals surface area (Å²) in [6, 6.07) is 2.17. The third kappa shape index (κ3) is 4.19. The highest BCUT2D eigenvalue weighted by molar-refractivity contribution is 7.89. The molecule has 0 amide bonds. The van der Waals surface area contributed by atoms with E-state index in [0.717, 1.165) is 18.6 Å². The van der Waals surface area contributed by atoms with Crippen molar-refractivity contribution in [1.82, 2.24) is 14.3 Å². The van der Waals surface area contributed by atoms with Gasteiger partial charge in [-0.3, -0.25) is 0 Å². The second-order valence-corrected chi connectivity index (χ2v) is 9.98. The van der Waals surface area contributed by atoms with Crippen LogP contribution in [0.2, 0.25) is 0 Å². The molecule has 176 valence electrons. The number of alkyl halides is 6. The summed E-state index contributed by atoms with van der Waals surface area (Å²) >= 11 is 0. The molecule has 1 saturated carbocycles. The number of nitrogens with one attached hydrogen (secondary N) is 1. The quantitative estimate of drug-likeness (QED) is 0.661. The summed E-state index contributed by atoms with van der Waals surface area (Å²) in [6.07, 6.45) is 0.442. The third-order valence-electron chi connectivity index (χ3n) is 6.08. The molecular formula is C19H20F6N4O2S. The van der Waals surface area contributed by atoms with Crippen LogP contribution in [-0.4, -0.2) is 40.8 Å². The van der Waals surface area contributed by atoms with Gasteiger partial charge in [0.2, 0.25) is 0 Å². The van der Waals surface area contributed by atoms with Crippen molar-refractivity contribution in [3.63, 3.8) is 0 Å². The Morgan fingerprint density at radius 1 is 1.12 bits per heavy atom. The van der Waals surface area contributed by atoms with Crippen LogP contribution in [0, 0.1) is 5.92 Å². The molecule has 6 nitrogen and oxygen atoms in total. The van der Waals surface area contributed by atoms with Crippen molar-refractivity contribution in [1.29, 1.82) is 0 Å². The maximum Gasteiger partial charge on any atom is 0.511 e. The predicted octanol–water partition coefficient (Wildman–Crippen LogP) is 4.27. The number of benzene rings is 1. The summed E-state index contributed by atoms with van der Waals surface area (Å²) in [4.78, 5) is 8.51. The van der Waals surface area contributed by atoms with Gasteiger partial charge in [-0.15, -0.1) is 0 Å². The summed E-state index contributed by atoms with van der Waals surface area (Å²) in [5.41, 5.74) is -5.85. The fourth-order valence-electron chi connectivity index (χ4n) is 4.22. The van der Waals surface area contributed by atoms with Crippen molar-refractivity contribution in [2.75, 3.05) is 11.4 Å². The molecule has 1 atom stereocenters. The number of anilines is 1. The molecule has 1 aromatic heterocycles. The van der Waals surface area contributed by atoms with Crippen LogP contribution in [0.4, 0.5) is 32.0 Å². The molecular weight excluding hydrogens is 462 g/mol. The highest BCUT2D eigenvalue weighted by Gasteiger charge is 2.52. The van der Waals surface area contributed by atoms with Crippen LogP contribution < -0.4 is 4.90 Å². The first-order valence-electron chi connectivity index (χ1n) is 9.88. The van der Waals surface area contributed by atoms with Crippen molar-refractivity contribution < 1.29 is 34.8 Å². The summed E-state index contributed by atoms with van der Waals surface area (Å²) in [6.45, 7) is -1.14. The van der Waals surface area contributed by atoms with Gasteiger partial charge in [-0.2, -0.15) is 30.6 Å². The molecule has 0 spiro atoms. The third-order valence-corrected chi connectivity index (χ3v) is 7.62. The lowest BCUT2D eigenvalue weighted by Crippen LogP contribution is -2.51. The Bertz CT molecular complexity index is 1060. The molecule has 1 aliphatic carbocycles.